The van der Waals surface area contributed by atoms with Crippen molar-refractivity contribution < 1.29 is 32.5 Å². The molecule has 0 spiro atoms. The average Bonchev–Trinajstić information content (AvgIpc) is 2.85. The van der Waals surface area contributed by atoms with E-state index in [4.69, 9.17) is 14.6 Å². The number of likely N-dealkylation sites (tertiary alicyclic amines) is 1. The third-order valence-corrected chi connectivity index (χ3v) is 6.88. The maximum absolute atomic E-state index is 12.8. The molecule has 1 heterocycles. The van der Waals surface area contributed by atoms with Crippen LogP contribution in [0.15, 0.2) is 48.5 Å². The van der Waals surface area contributed by atoms with E-state index >= 15 is 0 Å². The number of hydrogen-bond donors (Lipinski definition) is 1. The van der Waals surface area contributed by atoms with E-state index in [1.54, 1.807) is 14.2 Å². The van der Waals surface area contributed by atoms with Gasteiger partial charge in [-0.2, -0.15) is 13.2 Å². The van der Waals surface area contributed by atoms with Gasteiger partial charge in [-0.1, -0.05) is 36.4 Å². The Morgan fingerprint density at radius 1 is 1.00 bits per heavy atom. The Hall–Kier alpha value is -3.26. The van der Waals surface area contributed by atoms with Crippen LogP contribution in [-0.4, -0.2) is 56.0 Å². The minimum absolute atomic E-state index is 0.0481. The van der Waals surface area contributed by atoms with Crippen molar-refractivity contribution in [2.75, 3.05) is 33.9 Å². The summed E-state index contributed by atoms with van der Waals surface area (Å²) < 4.78 is 49.9. The molecule has 8 heteroatoms. The van der Waals surface area contributed by atoms with E-state index in [9.17, 15) is 18.0 Å². The second-order valence-corrected chi connectivity index (χ2v) is 9.18. The lowest BCUT2D eigenvalue weighted by Crippen LogP contribution is -2.39. The van der Waals surface area contributed by atoms with Crippen molar-refractivity contribution in [3.05, 3.63) is 59.7 Å². The quantitative estimate of drug-likeness (QED) is 0.394. The van der Waals surface area contributed by atoms with Crippen molar-refractivity contribution in [1.82, 2.24) is 4.90 Å². The smallest absolute Gasteiger partial charge is 0.401 e. The first-order valence-corrected chi connectivity index (χ1v) is 12.0. The van der Waals surface area contributed by atoms with Crippen molar-refractivity contribution in [3.8, 4) is 22.6 Å². The van der Waals surface area contributed by atoms with Gasteiger partial charge in [0, 0.05) is 6.42 Å². The number of ether oxygens (including phenoxy) is 2. The predicted molar refractivity (Wildman–Crippen MR) is 133 cm³/mol. The number of carboxylic acid groups (broad SMARTS) is 1. The molecule has 0 amide bonds. The molecule has 1 fully saturated rings. The average molecular weight is 502 g/mol. The molecule has 192 valence electrons. The van der Waals surface area contributed by atoms with Crippen molar-refractivity contribution >= 4 is 16.7 Å². The largest absolute Gasteiger partial charge is 0.496 e. The highest BCUT2D eigenvalue weighted by Crippen LogP contribution is 2.45. The van der Waals surface area contributed by atoms with Gasteiger partial charge in [0.05, 0.1) is 26.3 Å². The second kappa shape index (κ2) is 10.8. The molecule has 1 saturated heterocycles. The van der Waals surface area contributed by atoms with Gasteiger partial charge in [0.1, 0.15) is 11.5 Å². The second-order valence-electron chi connectivity index (χ2n) is 9.18. The number of benzene rings is 3. The van der Waals surface area contributed by atoms with Gasteiger partial charge in [-0.15, -0.1) is 0 Å². The zero-order valence-electron chi connectivity index (χ0n) is 20.4. The fraction of sp³-hybridized carbons (Fsp3) is 0.393. The molecule has 3 aromatic rings. The van der Waals surface area contributed by atoms with Crippen LogP contribution in [0.2, 0.25) is 0 Å². The van der Waals surface area contributed by atoms with Gasteiger partial charge in [-0.3, -0.25) is 9.69 Å². The topological polar surface area (TPSA) is 59.0 Å². The molecule has 5 nitrogen and oxygen atoms in total. The van der Waals surface area contributed by atoms with E-state index in [1.165, 1.54) is 4.90 Å². The molecule has 0 unspecified atom stereocenters. The Labute approximate surface area is 208 Å². The fourth-order valence-corrected chi connectivity index (χ4v) is 5.16. The van der Waals surface area contributed by atoms with Gasteiger partial charge in [0.2, 0.25) is 0 Å². The number of carboxylic acids is 1. The highest BCUT2D eigenvalue weighted by molar-refractivity contribution is 6.01. The summed E-state index contributed by atoms with van der Waals surface area (Å²) in [5.74, 6) is 0.531. The minimum atomic E-state index is -4.19. The molecule has 1 aliphatic rings. The number of nitrogens with zero attached hydrogens (tertiary/aromatic N) is 1. The monoisotopic (exact) mass is 501 g/mol. The summed E-state index contributed by atoms with van der Waals surface area (Å²) >= 11 is 0. The summed E-state index contributed by atoms with van der Waals surface area (Å²) in [4.78, 5) is 12.6. The Morgan fingerprint density at radius 2 is 1.61 bits per heavy atom. The first kappa shape index (κ1) is 25.8. The van der Waals surface area contributed by atoms with Gasteiger partial charge < -0.3 is 14.6 Å². The van der Waals surface area contributed by atoms with Crippen molar-refractivity contribution in [2.24, 2.45) is 0 Å². The SMILES string of the molecule is COc1cc(C2CCN(CC(F)(F)F)CC2)cc(OC)c1-c1cccc2c(CCC(=O)O)cccc12. The van der Waals surface area contributed by atoms with Crippen LogP contribution >= 0.6 is 0 Å². The number of fused-ring (bicyclic) bond motifs is 1. The maximum Gasteiger partial charge on any atom is 0.401 e. The molecule has 0 bridgehead atoms. The summed E-state index contributed by atoms with van der Waals surface area (Å²) in [5, 5.41) is 11.1. The van der Waals surface area contributed by atoms with Crippen LogP contribution in [-0.2, 0) is 11.2 Å². The van der Waals surface area contributed by atoms with E-state index in [0.717, 1.165) is 33.0 Å². The molecule has 0 aromatic heterocycles. The first-order chi connectivity index (χ1) is 17.2. The summed E-state index contributed by atoms with van der Waals surface area (Å²) in [6.07, 6.45) is -2.46. The normalized spacial score (nSPS) is 15.2. The number of methoxy groups -OCH3 is 2. The molecule has 36 heavy (non-hydrogen) atoms. The Kier molecular flexibility index (Phi) is 7.73. The molecular weight excluding hydrogens is 471 g/mol. The van der Waals surface area contributed by atoms with Gasteiger partial charge in [-0.25, -0.2) is 0 Å². The number of halogens is 3. The van der Waals surface area contributed by atoms with Crippen LogP contribution in [0, 0.1) is 0 Å². The molecule has 0 radical (unpaired) electrons. The molecule has 1 N–H and O–H groups in total. The highest BCUT2D eigenvalue weighted by Gasteiger charge is 2.33. The fourth-order valence-electron chi connectivity index (χ4n) is 5.16. The molecule has 0 saturated carbocycles. The lowest BCUT2D eigenvalue weighted by atomic mass is 9.86. The zero-order chi connectivity index (χ0) is 25.9. The molecule has 3 aromatic carbocycles. The molecule has 1 aliphatic heterocycles. The van der Waals surface area contributed by atoms with Crippen molar-refractivity contribution in [1.29, 1.82) is 0 Å². The van der Waals surface area contributed by atoms with E-state index in [2.05, 4.69) is 0 Å². The van der Waals surface area contributed by atoms with Gasteiger partial charge in [-0.05, 0) is 77.9 Å². The first-order valence-electron chi connectivity index (χ1n) is 12.0. The number of alkyl halides is 3. The molecule has 0 atom stereocenters. The van der Waals surface area contributed by atoms with Crippen molar-refractivity contribution in [2.45, 2.75) is 37.8 Å². The summed E-state index contributed by atoms with van der Waals surface area (Å²) in [6.45, 7) is -0.0984. The van der Waals surface area contributed by atoms with E-state index in [0.29, 0.717) is 43.9 Å². The van der Waals surface area contributed by atoms with Gasteiger partial charge in [0.25, 0.3) is 0 Å². The van der Waals surface area contributed by atoms with Crippen LogP contribution in [0.25, 0.3) is 21.9 Å². The Bertz CT molecular complexity index is 1210. The number of piperidine rings is 1. The number of carbonyl (C=O) groups is 1. The molecular formula is C28H30F3NO4. The van der Waals surface area contributed by atoms with Crippen LogP contribution in [0.4, 0.5) is 13.2 Å². The lowest BCUT2D eigenvalue weighted by Gasteiger charge is -2.33. The number of aryl methyl sites for hydroxylation is 1. The third kappa shape index (κ3) is 5.75. The van der Waals surface area contributed by atoms with E-state index in [-0.39, 0.29) is 12.3 Å². The van der Waals surface area contributed by atoms with E-state index < -0.39 is 18.7 Å². The van der Waals surface area contributed by atoms with Gasteiger partial charge >= 0.3 is 12.1 Å². The Morgan fingerprint density at radius 3 is 2.19 bits per heavy atom. The predicted octanol–water partition coefficient (Wildman–Crippen LogP) is 6.28. The third-order valence-electron chi connectivity index (χ3n) is 6.88. The highest BCUT2D eigenvalue weighted by atomic mass is 19.4. The van der Waals surface area contributed by atoms with Crippen LogP contribution < -0.4 is 9.47 Å². The summed E-state index contributed by atoms with van der Waals surface area (Å²) in [7, 11) is 3.19. The maximum atomic E-state index is 12.8. The van der Waals surface area contributed by atoms with Crippen LogP contribution in [0.5, 0.6) is 11.5 Å². The number of rotatable bonds is 8. The minimum Gasteiger partial charge on any atom is -0.496 e. The van der Waals surface area contributed by atoms with Gasteiger partial charge in [0.15, 0.2) is 0 Å². The molecule has 0 aliphatic carbocycles. The van der Waals surface area contributed by atoms with Crippen molar-refractivity contribution in [3.63, 3.8) is 0 Å². The number of aliphatic carboxylic acids is 1. The Balaban J connectivity index is 1.70. The van der Waals surface area contributed by atoms with Crippen LogP contribution in [0.3, 0.4) is 0 Å². The van der Waals surface area contributed by atoms with Crippen LogP contribution in [0.1, 0.15) is 36.3 Å². The zero-order valence-corrected chi connectivity index (χ0v) is 20.4. The summed E-state index contributed by atoms with van der Waals surface area (Å²) in [6, 6.07) is 15.7. The molecule has 4 rings (SSSR count). The van der Waals surface area contributed by atoms with E-state index in [1.807, 2.05) is 48.5 Å². The summed E-state index contributed by atoms with van der Waals surface area (Å²) in [5.41, 5.74) is 3.64. The standard InChI is InChI=1S/C28H30F3NO4/c1-35-24-15-20(18-11-13-32(14-12-18)17-28(29,30)31)16-25(36-2)27(24)23-8-4-6-21-19(9-10-26(33)34)5-3-7-22(21)23/h3-8,15-16,18H,9-14,17H2,1-2H3,(H,33,34). The number of hydrogen-bond acceptors (Lipinski definition) is 4. The lowest BCUT2D eigenvalue weighted by molar-refractivity contribution is -0.148.